The number of ether oxygens (including phenoxy) is 1. The van der Waals surface area contributed by atoms with Crippen molar-refractivity contribution in [3.05, 3.63) is 66.0 Å². The summed E-state index contributed by atoms with van der Waals surface area (Å²) >= 11 is 0. The zero-order chi connectivity index (χ0) is 18.9. The molecule has 1 aliphatic heterocycles. The fraction of sp³-hybridized carbons (Fsp3) is 0.409. The van der Waals surface area contributed by atoms with Gasteiger partial charge in [0.1, 0.15) is 17.7 Å². The standard InChI is InChI=1S/C22H28FN3O.HI/c1-24-22(25-14-6-8-18-7-5-9-19(23)17-18)26-15-12-21(13-16-26)27-20-10-3-2-4-11-20;/h2-5,7,9-11,17,21H,6,8,12-16H2,1H3,(H,24,25);1H. The van der Waals surface area contributed by atoms with Gasteiger partial charge in [-0.3, -0.25) is 4.99 Å². The molecule has 0 amide bonds. The van der Waals surface area contributed by atoms with Crippen molar-refractivity contribution in [2.75, 3.05) is 26.7 Å². The van der Waals surface area contributed by atoms with E-state index in [2.05, 4.69) is 15.2 Å². The second kappa shape index (κ2) is 11.9. The number of halogens is 2. The van der Waals surface area contributed by atoms with Crippen LogP contribution in [0.3, 0.4) is 0 Å². The van der Waals surface area contributed by atoms with Crippen molar-refractivity contribution in [1.29, 1.82) is 0 Å². The monoisotopic (exact) mass is 497 g/mol. The highest BCUT2D eigenvalue weighted by Crippen LogP contribution is 2.18. The van der Waals surface area contributed by atoms with Gasteiger partial charge in [-0.15, -0.1) is 24.0 Å². The number of benzene rings is 2. The van der Waals surface area contributed by atoms with Crippen molar-refractivity contribution in [3.8, 4) is 5.75 Å². The number of guanidine groups is 1. The largest absolute Gasteiger partial charge is 0.490 e. The fourth-order valence-electron chi connectivity index (χ4n) is 3.39. The topological polar surface area (TPSA) is 36.9 Å². The summed E-state index contributed by atoms with van der Waals surface area (Å²) < 4.78 is 19.3. The Morgan fingerprint density at radius 1 is 1.14 bits per heavy atom. The second-order valence-electron chi connectivity index (χ2n) is 6.82. The van der Waals surface area contributed by atoms with Crippen LogP contribution in [0.4, 0.5) is 4.39 Å². The highest BCUT2D eigenvalue weighted by atomic mass is 127. The van der Waals surface area contributed by atoms with Gasteiger partial charge in [-0.05, 0) is 42.7 Å². The number of hydrogen-bond donors (Lipinski definition) is 1. The van der Waals surface area contributed by atoms with E-state index in [-0.39, 0.29) is 35.9 Å². The number of hydrogen-bond acceptors (Lipinski definition) is 2. The van der Waals surface area contributed by atoms with Crippen LogP contribution in [0, 0.1) is 5.82 Å². The maximum atomic E-state index is 13.2. The van der Waals surface area contributed by atoms with Crippen molar-refractivity contribution in [1.82, 2.24) is 10.2 Å². The Kier molecular flexibility index (Phi) is 9.54. The SMILES string of the molecule is CN=C(NCCCc1cccc(F)c1)N1CCC(Oc2ccccc2)CC1.I. The predicted octanol–water partition coefficient (Wildman–Crippen LogP) is 4.50. The molecule has 1 aliphatic rings. The van der Waals surface area contributed by atoms with E-state index in [1.807, 2.05) is 43.4 Å². The molecular formula is C22H29FIN3O. The van der Waals surface area contributed by atoms with Crippen molar-refractivity contribution in [3.63, 3.8) is 0 Å². The Labute approximate surface area is 184 Å². The number of likely N-dealkylation sites (tertiary alicyclic amines) is 1. The maximum Gasteiger partial charge on any atom is 0.193 e. The van der Waals surface area contributed by atoms with Gasteiger partial charge in [0.25, 0.3) is 0 Å². The van der Waals surface area contributed by atoms with E-state index in [1.54, 1.807) is 12.1 Å². The molecular weight excluding hydrogens is 468 g/mol. The average molecular weight is 497 g/mol. The predicted molar refractivity (Wildman–Crippen MR) is 123 cm³/mol. The summed E-state index contributed by atoms with van der Waals surface area (Å²) in [4.78, 5) is 6.69. The lowest BCUT2D eigenvalue weighted by Gasteiger charge is -2.34. The zero-order valence-electron chi connectivity index (χ0n) is 16.3. The first-order valence-corrected chi connectivity index (χ1v) is 9.66. The number of aryl methyl sites for hydroxylation is 1. The Balaban J connectivity index is 0.00000280. The summed E-state index contributed by atoms with van der Waals surface area (Å²) in [6.45, 7) is 2.69. The van der Waals surface area contributed by atoms with Gasteiger partial charge in [-0.1, -0.05) is 30.3 Å². The first-order valence-electron chi connectivity index (χ1n) is 9.66. The molecule has 1 heterocycles. The lowest BCUT2D eigenvalue weighted by atomic mass is 10.1. The summed E-state index contributed by atoms with van der Waals surface area (Å²) in [7, 11) is 1.82. The number of aliphatic imine (C=N–C) groups is 1. The van der Waals surface area contributed by atoms with E-state index in [9.17, 15) is 4.39 Å². The molecule has 0 radical (unpaired) electrons. The summed E-state index contributed by atoms with van der Waals surface area (Å²) in [5.74, 6) is 1.71. The smallest absolute Gasteiger partial charge is 0.193 e. The van der Waals surface area contributed by atoms with Crippen LogP contribution in [0.1, 0.15) is 24.8 Å². The molecule has 0 bridgehead atoms. The molecule has 152 valence electrons. The molecule has 0 aromatic heterocycles. The summed E-state index contributed by atoms with van der Waals surface area (Å²) in [5, 5.41) is 3.43. The van der Waals surface area contributed by atoms with Gasteiger partial charge in [0.05, 0.1) is 0 Å². The van der Waals surface area contributed by atoms with Gasteiger partial charge in [-0.2, -0.15) is 0 Å². The Morgan fingerprint density at radius 3 is 2.57 bits per heavy atom. The molecule has 4 nitrogen and oxygen atoms in total. The van der Waals surface area contributed by atoms with Crippen LogP contribution < -0.4 is 10.1 Å². The van der Waals surface area contributed by atoms with Crippen LogP contribution >= 0.6 is 24.0 Å². The molecule has 1 saturated heterocycles. The van der Waals surface area contributed by atoms with Crippen molar-refractivity contribution in [2.45, 2.75) is 31.8 Å². The third-order valence-corrected chi connectivity index (χ3v) is 4.81. The van der Waals surface area contributed by atoms with Crippen LogP contribution in [-0.2, 0) is 6.42 Å². The molecule has 28 heavy (non-hydrogen) atoms. The van der Waals surface area contributed by atoms with E-state index in [0.29, 0.717) is 0 Å². The minimum absolute atomic E-state index is 0. The van der Waals surface area contributed by atoms with E-state index in [0.717, 1.165) is 62.6 Å². The van der Waals surface area contributed by atoms with Crippen LogP contribution in [-0.4, -0.2) is 43.6 Å². The molecule has 2 aromatic carbocycles. The van der Waals surface area contributed by atoms with Gasteiger partial charge in [0.2, 0.25) is 0 Å². The van der Waals surface area contributed by atoms with E-state index in [4.69, 9.17) is 4.74 Å². The summed E-state index contributed by atoms with van der Waals surface area (Å²) in [5.41, 5.74) is 1.03. The first-order chi connectivity index (χ1) is 13.2. The van der Waals surface area contributed by atoms with E-state index >= 15 is 0 Å². The second-order valence-corrected chi connectivity index (χ2v) is 6.82. The number of para-hydroxylation sites is 1. The van der Waals surface area contributed by atoms with Gasteiger partial charge < -0.3 is 15.0 Å². The normalized spacial score (nSPS) is 15.1. The van der Waals surface area contributed by atoms with Gasteiger partial charge in [0, 0.05) is 39.5 Å². The quantitative estimate of drug-likeness (QED) is 0.277. The number of piperidine rings is 1. The third-order valence-electron chi connectivity index (χ3n) is 4.81. The highest BCUT2D eigenvalue weighted by molar-refractivity contribution is 14.0. The van der Waals surface area contributed by atoms with Gasteiger partial charge >= 0.3 is 0 Å². The minimum Gasteiger partial charge on any atom is -0.490 e. The fourth-order valence-corrected chi connectivity index (χ4v) is 3.39. The number of nitrogens with zero attached hydrogens (tertiary/aromatic N) is 2. The molecule has 1 N–H and O–H groups in total. The molecule has 6 heteroatoms. The molecule has 0 unspecified atom stereocenters. The molecule has 1 fully saturated rings. The average Bonchev–Trinajstić information content (AvgIpc) is 2.70. The van der Waals surface area contributed by atoms with Crippen molar-refractivity contribution < 1.29 is 9.13 Å². The molecule has 0 spiro atoms. The molecule has 0 atom stereocenters. The van der Waals surface area contributed by atoms with E-state index in [1.165, 1.54) is 6.07 Å². The van der Waals surface area contributed by atoms with Crippen molar-refractivity contribution >= 4 is 29.9 Å². The summed E-state index contributed by atoms with van der Waals surface area (Å²) in [6, 6.07) is 16.8. The van der Waals surface area contributed by atoms with Crippen molar-refractivity contribution in [2.24, 2.45) is 4.99 Å². The first kappa shape index (κ1) is 22.5. The molecule has 0 saturated carbocycles. The third kappa shape index (κ3) is 6.96. The van der Waals surface area contributed by atoms with Crippen LogP contribution in [0.2, 0.25) is 0 Å². The maximum absolute atomic E-state index is 13.2. The van der Waals surface area contributed by atoms with Crippen LogP contribution in [0.25, 0.3) is 0 Å². The zero-order valence-corrected chi connectivity index (χ0v) is 18.6. The lowest BCUT2D eigenvalue weighted by Crippen LogP contribution is -2.47. The van der Waals surface area contributed by atoms with E-state index < -0.39 is 0 Å². The molecule has 2 aromatic rings. The van der Waals surface area contributed by atoms with Gasteiger partial charge in [-0.25, -0.2) is 4.39 Å². The lowest BCUT2D eigenvalue weighted by molar-refractivity contribution is 0.129. The van der Waals surface area contributed by atoms with Gasteiger partial charge in [0.15, 0.2) is 5.96 Å². The van der Waals surface area contributed by atoms with Crippen LogP contribution in [0.15, 0.2) is 59.6 Å². The molecule has 3 rings (SSSR count). The summed E-state index contributed by atoms with van der Waals surface area (Å²) in [6.07, 6.45) is 4.03. The Bertz CT molecular complexity index is 734. The Hall–Kier alpha value is -1.83. The number of rotatable bonds is 6. The highest BCUT2D eigenvalue weighted by Gasteiger charge is 2.22. The minimum atomic E-state index is -0.170. The number of nitrogens with one attached hydrogen (secondary N) is 1. The van der Waals surface area contributed by atoms with Crippen LogP contribution in [0.5, 0.6) is 5.75 Å². The molecule has 0 aliphatic carbocycles. The Morgan fingerprint density at radius 2 is 1.89 bits per heavy atom.